The van der Waals surface area contributed by atoms with Crippen molar-refractivity contribution in [3.63, 3.8) is 0 Å². The maximum Gasteiger partial charge on any atom is 0.225 e. The zero-order valence-corrected chi connectivity index (χ0v) is 18.9. The molecular formula is C25H30N6O. The summed E-state index contributed by atoms with van der Waals surface area (Å²) in [7, 11) is 0. The fourth-order valence-corrected chi connectivity index (χ4v) is 4.91. The third-order valence-corrected chi connectivity index (χ3v) is 7.03. The summed E-state index contributed by atoms with van der Waals surface area (Å²) in [6, 6.07) is 8.53. The van der Waals surface area contributed by atoms with Gasteiger partial charge in [0.1, 0.15) is 5.52 Å². The van der Waals surface area contributed by atoms with Gasteiger partial charge in [0.2, 0.25) is 5.91 Å². The van der Waals surface area contributed by atoms with Gasteiger partial charge >= 0.3 is 0 Å². The fourth-order valence-electron chi connectivity index (χ4n) is 4.91. The van der Waals surface area contributed by atoms with Crippen LogP contribution in [0.25, 0.3) is 11.2 Å². The van der Waals surface area contributed by atoms with Crippen molar-refractivity contribution in [1.82, 2.24) is 19.9 Å². The topological polar surface area (TPSA) is 65.5 Å². The lowest BCUT2D eigenvalue weighted by atomic mass is 9.94. The van der Waals surface area contributed by atoms with Gasteiger partial charge in [-0.3, -0.25) is 9.78 Å². The van der Waals surface area contributed by atoms with Gasteiger partial charge in [-0.15, -0.1) is 0 Å². The number of piperidine rings is 1. The molecule has 0 radical (unpaired) electrons. The van der Waals surface area contributed by atoms with Crippen molar-refractivity contribution >= 4 is 28.4 Å². The standard InChI is InChI=1S/C25H30N6O/c1-18-4-3-5-23(19(18)2)30-12-14-31(15-13-30)25(32)20-6-10-29(11-7-20)21-16-22-24(28-17-21)27-9-8-26-22/h3-5,8-9,16-17,20H,6-7,10-15H2,1-2H3. The highest BCUT2D eigenvalue weighted by atomic mass is 16.2. The average molecular weight is 431 g/mol. The molecule has 32 heavy (non-hydrogen) atoms. The van der Waals surface area contributed by atoms with E-state index >= 15 is 0 Å². The lowest BCUT2D eigenvalue weighted by Crippen LogP contribution is -2.51. The summed E-state index contributed by atoms with van der Waals surface area (Å²) in [5.41, 5.74) is 6.51. The molecule has 2 saturated heterocycles. The van der Waals surface area contributed by atoms with Crippen molar-refractivity contribution < 1.29 is 4.79 Å². The number of nitrogens with zero attached hydrogens (tertiary/aromatic N) is 6. The summed E-state index contributed by atoms with van der Waals surface area (Å²) < 4.78 is 0. The molecule has 0 spiro atoms. The number of aryl methyl sites for hydroxylation is 1. The number of hydrogen-bond donors (Lipinski definition) is 0. The molecule has 1 amide bonds. The maximum atomic E-state index is 13.2. The van der Waals surface area contributed by atoms with Crippen LogP contribution in [0.1, 0.15) is 24.0 Å². The van der Waals surface area contributed by atoms with Crippen LogP contribution < -0.4 is 9.80 Å². The van der Waals surface area contributed by atoms with Crippen molar-refractivity contribution in [3.8, 4) is 0 Å². The Labute approximate surface area is 189 Å². The van der Waals surface area contributed by atoms with E-state index in [1.807, 2.05) is 12.3 Å². The predicted octanol–water partition coefficient (Wildman–Crippen LogP) is 3.21. The Kier molecular flexibility index (Phi) is 5.64. The highest BCUT2D eigenvalue weighted by Crippen LogP contribution is 2.27. The molecule has 0 saturated carbocycles. The number of fused-ring (bicyclic) bond motifs is 1. The first-order valence-electron chi connectivity index (χ1n) is 11.5. The van der Waals surface area contributed by atoms with Crippen LogP contribution in [0.3, 0.4) is 0 Å². The van der Waals surface area contributed by atoms with Gasteiger partial charge in [0.15, 0.2) is 5.65 Å². The van der Waals surface area contributed by atoms with E-state index in [0.29, 0.717) is 11.6 Å². The number of benzene rings is 1. The molecule has 0 unspecified atom stereocenters. The molecule has 5 rings (SSSR count). The molecule has 1 aromatic carbocycles. The summed E-state index contributed by atoms with van der Waals surface area (Å²) in [6.45, 7) is 9.50. The van der Waals surface area contributed by atoms with E-state index in [-0.39, 0.29) is 5.92 Å². The first-order chi connectivity index (χ1) is 15.6. The third kappa shape index (κ3) is 3.99. The Morgan fingerprint density at radius 2 is 1.66 bits per heavy atom. The molecule has 2 aliphatic rings. The number of carbonyl (C=O) groups excluding carboxylic acids is 1. The van der Waals surface area contributed by atoms with Gasteiger partial charge in [-0.1, -0.05) is 12.1 Å². The summed E-state index contributed by atoms with van der Waals surface area (Å²) in [4.78, 5) is 33.0. The monoisotopic (exact) mass is 430 g/mol. The second-order valence-corrected chi connectivity index (χ2v) is 8.89. The SMILES string of the molecule is Cc1cccc(N2CCN(C(=O)C3CCN(c4cnc5nccnc5c4)CC3)CC2)c1C. The summed E-state index contributed by atoms with van der Waals surface area (Å²) in [5, 5.41) is 0. The Morgan fingerprint density at radius 1 is 0.906 bits per heavy atom. The summed E-state index contributed by atoms with van der Waals surface area (Å²) in [6.07, 6.45) is 6.99. The van der Waals surface area contributed by atoms with Crippen molar-refractivity contribution in [2.24, 2.45) is 5.92 Å². The molecule has 7 nitrogen and oxygen atoms in total. The van der Waals surface area contributed by atoms with Crippen molar-refractivity contribution in [2.45, 2.75) is 26.7 Å². The van der Waals surface area contributed by atoms with Crippen molar-refractivity contribution in [1.29, 1.82) is 0 Å². The molecule has 0 bridgehead atoms. The van der Waals surface area contributed by atoms with Gasteiger partial charge in [-0.05, 0) is 49.9 Å². The Morgan fingerprint density at radius 3 is 2.44 bits per heavy atom. The molecule has 4 heterocycles. The number of amides is 1. The van der Waals surface area contributed by atoms with E-state index in [0.717, 1.165) is 63.3 Å². The van der Waals surface area contributed by atoms with Gasteiger partial charge in [0.25, 0.3) is 0 Å². The maximum absolute atomic E-state index is 13.2. The minimum absolute atomic E-state index is 0.117. The van der Waals surface area contributed by atoms with E-state index in [2.05, 4.69) is 61.7 Å². The predicted molar refractivity (Wildman–Crippen MR) is 127 cm³/mol. The molecule has 7 heteroatoms. The van der Waals surface area contributed by atoms with Crippen LogP contribution >= 0.6 is 0 Å². The van der Waals surface area contributed by atoms with Gasteiger partial charge in [-0.2, -0.15) is 0 Å². The number of pyridine rings is 1. The molecule has 2 fully saturated rings. The molecule has 2 aliphatic heterocycles. The number of anilines is 2. The Bertz CT molecular complexity index is 1120. The molecule has 2 aromatic heterocycles. The summed E-state index contributed by atoms with van der Waals surface area (Å²) >= 11 is 0. The third-order valence-electron chi connectivity index (χ3n) is 7.03. The number of aromatic nitrogens is 3. The minimum atomic E-state index is 0.117. The molecular weight excluding hydrogens is 400 g/mol. The van der Waals surface area contributed by atoms with Crippen molar-refractivity contribution in [2.75, 3.05) is 49.1 Å². The average Bonchev–Trinajstić information content (AvgIpc) is 2.85. The quantitative estimate of drug-likeness (QED) is 0.636. The Balaban J connectivity index is 1.16. The van der Waals surface area contributed by atoms with Crippen LogP contribution in [0.5, 0.6) is 0 Å². The number of carbonyl (C=O) groups is 1. The second-order valence-electron chi connectivity index (χ2n) is 8.89. The fraction of sp³-hybridized carbons (Fsp3) is 0.440. The number of rotatable bonds is 3. The Hall–Kier alpha value is -3.22. The van der Waals surface area contributed by atoms with E-state index < -0.39 is 0 Å². The number of piperazine rings is 1. The normalized spacial score (nSPS) is 17.8. The van der Waals surface area contributed by atoms with E-state index in [1.54, 1.807) is 12.4 Å². The van der Waals surface area contributed by atoms with Crippen LogP contribution in [0.2, 0.25) is 0 Å². The molecule has 0 atom stereocenters. The lowest BCUT2D eigenvalue weighted by molar-refractivity contribution is -0.136. The van der Waals surface area contributed by atoms with Crippen LogP contribution in [0, 0.1) is 19.8 Å². The largest absolute Gasteiger partial charge is 0.370 e. The highest BCUT2D eigenvalue weighted by molar-refractivity contribution is 5.80. The van der Waals surface area contributed by atoms with Crippen LogP contribution in [0.4, 0.5) is 11.4 Å². The van der Waals surface area contributed by atoms with Crippen LogP contribution in [0.15, 0.2) is 42.9 Å². The first-order valence-corrected chi connectivity index (χ1v) is 11.5. The van der Waals surface area contributed by atoms with Crippen molar-refractivity contribution in [3.05, 3.63) is 54.0 Å². The lowest BCUT2D eigenvalue weighted by Gasteiger charge is -2.40. The number of hydrogen-bond acceptors (Lipinski definition) is 6. The highest BCUT2D eigenvalue weighted by Gasteiger charge is 2.31. The van der Waals surface area contributed by atoms with E-state index in [4.69, 9.17) is 0 Å². The van der Waals surface area contributed by atoms with Gasteiger partial charge < -0.3 is 14.7 Å². The summed E-state index contributed by atoms with van der Waals surface area (Å²) in [5.74, 6) is 0.444. The van der Waals surface area contributed by atoms with Gasteiger partial charge in [-0.25, -0.2) is 9.97 Å². The van der Waals surface area contributed by atoms with Gasteiger partial charge in [0, 0.05) is 63.3 Å². The van der Waals surface area contributed by atoms with Gasteiger partial charge in [0.05, 0.1) is 11.9 Å². The minimum Gasteiger partial charge on any atom is -0.370 e. The van der Waals surface area contributed by atoms with Crippen LogP contribution in [-0.2, 0) is 4.79 Å². The molecule has 0 aliphatic carbocycles. The van der Waals surface area contributed by atoms with Crippen LogP contribution in [-0.4, -0.2) is 65.0 Å². The zero-order chi connectivity index (χ0) is 22.1. The second kappa shape index (κ2) is 8.73. The first kappa shape index (κ1) is 20.7. The zero-order valence-electron chi connectivity index (χ0n) is 18.9. The molecule has 0 N–H and O–H groups in total. The van der Waals surface area contributed by atoms with E-state index in [9.17, 15) is 4.79 Å². The molecule has 3 aromatic rings. The smallest absolute Gasteiger partial charge is 0.225 e. The molecule has 166 valence electrons. The van der Waals surface area contributed by atoms with E-state index in [1.165, 1.54) is 16.8 Å².